The van der Waals surface area contributed by atoms with Gasteiger partial charge >= 0.3 is 0 Å². The molecule has 1 fully saturated rings. The first-order valence-electron chi connectivity index (χ1n) is 6.71. The summed E-state index contributed by atoms with van der Waals surface area (Å²) in [6, 6.07) is 5.08. The fourth-order valence-electron chi connectivity index (χ4n) is 2.75. The maximum absolute atomic E-state index is 12.6. The van der Waals surface area contributed by atoms with Gasteiger partial charge < -0.3 is 15.6 Å². The topological polar surface area (TPSA) is 96.3 Å². The van der Waals surface area contributed by atoms with E-state index in [1.54, 1.807) is 25.4 Å². The van der Waals surface area contributed by atoms with E-state index < -0.39 is 9.84 Å². The maximum Gasteiger partial charge on any atom is 0.256 e. The summed E-state index contributed by atoms with van der Waals surface area (Å²) in [5.74, 6) is 0.00417. The molecule has 21 heavy (non-hydrogen) atoms. The number of nitrogens with one attached hydrogen (secondary N) is 1. The summed E-state index contributed by atoms with van der Waals surface area (Å²) >= 11 is 0. The molecule has 1 aromatic carbocycles. The molecule has 3 N–H and O–H groups in total. The summed E-state index contributed by atoms with van der Waals surface area (Å²) in [6.07, 6.45) is 2.14. The molecule has 2 heterocycles. The number of carbonyl (C=O) groups is 1. The second kappa shape index (κ2) is 4.77. The van der Waals surface area contributed by atoms with E-state index >= 15 is 0 Å². The third-order valence-electron chi connectivity index (χ3n) is 4.01. The molecule has 1 unspecified atom stereocenters. The van der Waals surface area contributed by atoms with Gasteiger partial charge in [-0.1, -0.05) is 0 Å². The Balaban J connectivity index is 1.92. The van der Waals surface area contributed by atoms with E-state index in [9.17, 15) is 13.2 Å². The molecule has 0 saturated carbocycles. The Kier molecular flexibility index (Phi) is 3.16. The van der Waals surface area contributed by atoms with E-state index in [1.165, 1.54) is 4.90 Å². The van der Waals surface area contributed by atoms with Crippen LogP contribution in [0, 0.1) is 0 Å². The smallest absolute Gasteiger partial charge is 0.256 e. The number of fused-ring (bicyclic) bond motifs is 1. The van der Waals surface area contributed by atoms with Crippen molar-refractivity contribution in [3.63, 3.8) is 0 Å². The lowest BCUT2D eigenvalue weighted by atomic mass is 10.1. The van der Waals surface area contributed by atoms with Crippen LogP contribution >= 0.6 is 0 Å². The van der Waals surface area contributed by atoms with Crippen LogP contribution in [0.2, 0.25) is 0 Å². The molecule has 1 atom stereocenters. The van der Waals surface area contributed by atoms with Crippen molar-refractivity contribution in [1.82, 2.24) is 9.88 Å². The van der Waals surface area contributed by atoms with Crippen LogP contribution in [0.4, 0.5) is 5.69 Å². The van der Waals surface area contributed by atoms with Gasteiger partial charge in [-0.15, -0.1) is 0 Å². The molecular formula is C14H17N3O3S. The predicted octanol–water partition coefficient (Wildman–Crippen LogP) is 1.01. The number of H-pyrrole nitrogens is 1. The van der Waals surface area contributed by atoms with Gasteiger partial charge in [0.1, 0.15) is 0 Å². The second-order valence-corrected chi connectivity index (χ2v) is 7.71. The van der Waals surface area contributed by atoms with Crippen LogP contribution in [0.15, 0.2) is 24.4 Å². The lowest BCUT2D eigenvalue weighted by Gasteiger charge is -2.23. The zero-order chi connectivity index (χ0) is 15.2. The van der Waals surface area contributed by atoms with E-state index in [0.29, 0.717) is 17.7 Å². The largest absolute Gasteiger partial charge is 0.399 e. The fraction of sp³-hybridized carbons (Fsp3) is 0.357. The highest BCUT2D eigenvalue weighted by Crippen LogP contribution is 2.24. The number of rotatable bonds is 2. The third kappa shape index (κ3) is 2.49. The number of aromatic amines is 1. The summed E-state index contributed by atoms with van der Waals surface area (Å²) in [4.78, 5) is 17.2. The summed E-state index contributed by atoms with van der Waals surface area (Å²) in [6.45, 7) is 0. The minimum absolute atomic E-state index is 0.0414. The van der Waals surface area contributed by atoms with Crippen molar-refractivity contribution in [1.29, 1.82) is 0 Å². The number of hydrogen-bond acceptors (Lipinski definition) is 4. The molecule has 1 amide bonds. The van der Waals surface area contributed by atoms with Gasteiger partial charge in [-0.25, -0.2) is 8.42 Å². The first-order chi connectivity index (χ1) is 9.87. The minimum atomic E-state index is -3.01. The van der Waals surface area contributed by atoms with E-state index in [-0.39, 0.29) is 23.5 Å². The molecule has 1 aromatic heterocycles. The predicted molar refractivity (Wildman–Crippen MR) is 81.9 cm³/mol. The van der Waals surface area contributed by atoms with Gasteiger partial charge in [0.2, 0.25) is 0 Å². The molecule has 6 nitrogen and oxygen atoms in total. The van der Waals surface area contributed by atoms with E-state index in [0.717, 1.165) is 10.9 Å². The van der Waals surface area contributed by atoms with E-state index in [4.69, 9.17) is 5.73 Å². The lowest BCUT2D eigenvalue weighted by molar-refractivity contribution is 0.0750. The molecule has 112 valence electrons. The van der Waals surface area contributed by atoms with Crippen molar-refractivity contribution in [2.24, 2.45) is 0 Å². The molecule has 2 aromatic rings. The molecule has 1 aliphatic heterocycles. The van der Waals surface area contributed by atoms with Crippen molar-refractivity contribution >= 4 is 32.3 Å². The number of nitrogens with two attached hydrogens (primary N) is 1. The maximum atomic E-state index is 12.6. The number of amides is 1. The highest BCUT2D eigenvalue weighted by molar-refractivity contribution is 7.91. The highest BCUT2D eigenvalue weighted by Gasteiger charge is 2.33. The van der Waals surface area contributed by atoms with Gasteiger partial charge in [0.05, 0.1) is 17.1 Å². The molecule has 7 heteroatoms. The molecule has 0 spiro atoms. The normalized spacial score (nSPS) is 20.7. The first-order valence-corrected chi connectivity index (χ1v) is 8.54. The molecule has 0 radical (unpaired) electrons. The number of anilines is 1. The molecule has 1 saturated heterocycles. The van der Waals surface area contributed by atoms with Gasteiger partial charge in [0.15, 0.2) is 9.84 Å². The number of sulfone groups is 1. The Morgan fingerprint density at radius 1 is 1.43 bits per heavy atom. The molecular weight excluding hydrogens is 290 g/mol. The number of benzene rings is 1. The van der Waals surface area contributed by atoms with Crippen molar-refractivity contribution < 1.29 is 13.2 Å². The average Bonchev–Trinajstić information content (AvgIpc) is 3.00. The third-order valence-corrected chi connectivity index (χ3v) is 5.76. The Morgan fingerprint density at radius 3 is 2.86 bits per heavy atom. The summed E-state index contributed by atoms with van der Waals surface area (Å²) < 4.78 is 23.1. The zero-order valence-electron chi connectivity index (χ0n) is 11.7. The van der Waals surface area contributed by atoms with Crippen molar-refractivity contribution in [2.75, 3.05) is 24.3 Å². The monoisotopic (exact) mass is 307 g/mol. The van der Waals surface area contributed by atoms with Gasteiger partial charge in [0.25, 0.3) is 5.91 Å². The summed E-state index contributed by atoms with van der Waals surface area (Å²) in [5.41, 5.74) is 7.70. The SMILES string of the molecule is CN(C(=O)c1c[nH]c2ccc(N)cc12)C1CCS(=O)(=O)C1. The standard InChI is InChI=1S/C14H17N3O3S/c1-17(10-4-5-21(19,20)8-10)14(18)12-7-16-13-3-2-9(15)6-11(12)13/h2-3,6-7,10,16H,4-5,8,15H2,1H3. The highest BCUT2D eigenvalue weighted by atomic mass is 32.2. The quantitative estimate of drug-likeness (QED) is 0.809. The van der Waals surface area contributed by atoms with Gasteiger partial charge in [-0.3, -0.25) is 4.79 Å². The number of nitrogens with zero attached hydrogens (tertiary/aromatic N) is 1. The molecule has 0 aliphatic carbocycles. The van der Waals surface area contributed by atoms with Crippen LogP contribution in [-0.4, -0.2) is 48.8 Å². The Morgan fingerprint density at radius 2 is 2.19 bits per heavy atom. The van der Waals surface area contributed by atoms with Crippen LogP contribution in [0.1, 0.15) is 16.8 Å². The molecule has 0 bridgehead atoms. The number of carbonyl (C=O) groups excluding carboxylic acids is 1. The number of hydrogen-bond donors (Lipinski definition) is 2. The van der Waals surface area contributed by atoms with E-state index in [2.05, 4.69) is 4.98 Å². The average molecular weight is 307 g/mol. The van der Waals surface area contributed by atoms with Crippen LogP contribution in [0.3, 0.4) is 0 Å². The Bertz CT molecular complexity index is 810. The van der Waals surface area contributed by atoms with Crippen LogP contribution in [0.25, 0.3) is 10.9 Å². The van der Waals surface area contributed by atoms with Crippen LogP contribution < -0.4 is 5.73 Å². The van der Waals surface area contributed by atoms with Crippen LogP contribution in [-0.2, 0) is 9.84 Å². The van der Waals surface area contributed by atoms with Crippen molar-refractivity contribution in [3.05, 3.63) is 30.0 Å². The summed E-state index contributed by atoms with van der Waals surface area (Å²) in [7, 11) is -1.36. The first kappa shape index (κ1) is 13.9. The molecule has 1 aliphatic rings. The zero-order valence-corrected chi connectivity index (χ0v) is 12.5. The Hall–Kier alpha value is -2.02. The number of nitrogen functional groups attached to an aromatic ring is 1. The van der Waals surface area contributed by atoms with Gasteiger partial charge in [-0.05, 0) is 24.6 Å². The van der Waals surface area contributed by atoms with Gasteiger partial charge in [0, 0.05) is 35.9 Å². The van der Waals surface area contributed by atoms with Gasteiger partial charge in [-0.2, -0.15) is 0 Å². The fourth-order valence-corrected chi connectivity index (χ4v) is 4.53. The Labute approximate surface area is 122 Å². The lowest BCUT2D eigenvalue weighted by Crippen LogP contribution is -2.37. The number of aromatic nitrogens is 1. The van der Waals surface area contributed by atoms with Crippen LogP contribution in [0.5, 0.6) is 0 Å². The minimum Gasteiger partial charge on any atom is -0.399 e. The van der Waals surface area contributed by atoms with Crippen molar-refractivity contribution in [3.8, 4) is 0 Å². The summed E-state index contributed by atoms with van der Waals surface area (Å²) in [5, 5.41) is 0.757. The van der Waals surface area contributed by atoms with E-state index in [1.807, 2.05) is 6.07 Å². The van der Waals surface area contributed by atoms with Crippen molar-refractivity contribution in [2.45, 2.75) is 12.5 Å². The molecule has 3 rings (SSSR count). The second-order valence-electron chi connectivity index (χ2n) is 5.48.